The molecular formula is C23H40N4O3. The van der Waals surface area contributed by atoms with Gasteiger partial charge in [-0.25, -0.2) is 0 Å². The number of hydrogen-bond acceptors (Lipinski definition) is 5. The Kier molecular flexibility index (Phi) is 10.1. The van der Waals surface area contributed by atoms with E-state index in [-0.39, 0.29) is 0 Å². The Morgan fingerprint density at radius 1 is 0.967 bits per heavy atom. The van der Waals surface area contributed by atoms with Crippen molar-refractivity contribution in [1.29, 1.82) is 0 Å². The van der Waals surface area contributed by atoms with Gasteiger partial charge in [0.1, 0.15) is 0 Å². The molecule has 1 atom stereocenters. The molecule has 0 bridgehead atoms. The summed E-state index contributed by atoms with van der Waals surface area (Å²) in [4.78, 5) is 7.06. The lowest BCUT2D eigenvalue weighted by molar-refractivity contribution is 0.161. The van der Waals surface area contributed by atoms with Gasteiger partial charge in [-0.3, -0.25) is 9.89 Å². The molecule has 170 valence electrons. The predicted octanol–water partition coefficient (Wildman–Crippen LogP) is 3.28. The lowest BCUT2D eigenvalue weighted by atomic mass is 10.0. The zero-order valence-electron chi connectivity index (χ0n) is 19.6. The predicted molar refractivity (Wildman–Crippen MR) is 123 cm³/mol. The van der Waals surface area contributed by atoms with Gasteiger partial charge >= 0.3 is 0 Å². The van der Waals surface area contributed by atoms with Crippen molar-refractivity contribution in [3.05, 3.63) is 17.7 Å². The van der Waals surface area contributed by atoms with E-state index in [9.17, 15) is 0 Å². The normalized spacial score (nSPS) is 16.7. The molecule has 0 radical (unpaired) electrons. The fourth-order valence-corrected chi connectivity index (χ4v) is 4.12. The van der Waals surface area contributed by atoms with Crippen LogP contribution in [0, 0.1) is 5.92 Å². The molecule has 1 fully saturated rings. The van der Waals surface area contributed by atoms with Crippen molar-refractivity contribution in [1.82, 2.24) is 15.5 Å². The number of aliphatic imine (C=N–C) groups is 1. The molecule has 30 heavy (non-hydrogen) atoms. The van der Waals surface area contributed by atoms with Crippen LogP contribution in [0.4, 0.5) is 0 Å². The minimum atomic E-state index is 0.497. The van der Waals surface area contributed by atoms with Crippen LogP contribution in [-0.4, -0.2) is 64.9 Å². The summed E-state index contributed by atoms with van der Waals surface area (Å²) in [5.41, 5.74) is 0.978. The van der Waals surface area contributed by atoms with E-state index >= 15 is 0 Å². The van der Waals surface area contributed by atoms with Gasteiger partial charge in [0.25, 0.3) is 0 Å². The first-order valence-electron chi connectivity index (χ1n) is 11.0. The number of guanidine groups is 1. The van der Waals surface area contributed by atoms with Crippen molar-refractivity contribution < 1.29 is 14.2 Å². The van der Waals surface area contributed by atoms with Crippen LogP contribution in [-0.2, 0) is 6.54 Å². The molecule has 0 spiro atoms. The summed E-state index contributed by atoms with van der Waals surface area (Å²) in [6.45, 7) is 8.45. The highest BCUT2D eigenvalue weighted by Gasteiger charge is 2.23. The summed E-state index contributed by atoms with van der Waals surface area (Å²) in [5.74, 6) is 3.29. The number of ether oxygens (including phenoxy) is 3. The lowest BCUT2D eigenvalue weighted by Crippen LogP contribution is -2.49. The van der Waals surface area contributed by atoms with Crippen molar-refractivity contribution in [2.45, 2.75) is 52.1 Å². The molecule has 1 aliphatic heterocycles. The molecule has 1 unspecified atom stereocenters. The topological polar surface area (TPSA) is 67.4 Å². The first-order valence-corrected chi connectivity index (χ1v) is 11.0. The number of nitrogens with one attached hydrogen (secondary N) is 2. The molecule has 1 aliphatic rings. The molecule has 1 heterocycles. The molecule has 1 aromatic rings. The third-order valence-electron chi connectivity index (χ3n) is 5.81. The van der Waals surface area contributed by atoms with E-state index in [0.29, 0.717) is 35.8 Å². The van der Waals surface area contributed by atoms with Crippen molar-refractivity contribution >= 4 is 5.96 Å². The van der Waals surface area contributed by atoms with Crippen molar-refractivity contribution in [2.24, 2.45) is 10.9 Å². The highest BCUT2D eigenvalue weighted by atomic mass is 16.5. The fourth-order valence-electron chi connectivity index (χ4n) is 4.12. The lowest BCUT2D eigenvalue weighted by Gasteiger charge is -2.34. The van der Waals surface area contributed by atoms with E-state index in [2.05, 4.69) is 34.4 Å². The van der Waals surface area contributed by atoms with Crippen LogP contribution in [0.2, 0.25) is 0 Å². The smallest absolute Gasteiger partial charge is 0.203 e. The van der Waals surface area contributed by atoms with Gasteiger partial charge in [-0.2, -0.15) is 0 Å². The Balaban J connectivity index is 2.00. The van der Waals surface area contributed by atoms with E-state index in [0.717, 1.165) is 18.1 Å². The Bertz CT molecular complexity index is 671. The maximum atomic E-state index is 5.58. The van der Waals surface area contributed by atoms with E-state index in [1.54, 1.807) is 28.4 Å². The Morgan fingerprint density at radius 3 is 2.17 bits per heavy atom. The molecule has 7 nitrogen and oxygen atoms in total. The number of hydrogen-bond donors (Lipinski definition) is 2. The number of rotatable bonds is 9. The van der Waals surface area contributed by atoms with Gasteiger partial charge < -0.3 is 24.8 Å². The monoisotopic (exact) mass is 420 g/mol. The Labute approximate surface area is 182 Å². The molecule has 2 rings (SSSR count). The van der Waals surface area contributed by atoms with E-state index < -0.39 is 0 Å². The molecule has 0 aromatic heterocycles. The van der Waals surface area contributed by atoms with E-state index in [1.807, 2.05) is 12.1 Å². The quantitative estimate of drug-likeness (QED) is 0.472. The van der Waals surface area contributed by atoms with Crippen LogP contribution in [0.5, 0.6) is 17.2 Å². The Morgan fingerprint density at radius 2 is 1.63 bits per heavy atom. The van der Waals surface area contributed by atoms with Crippen molar-refractivity contribution in [3.8, 4) is 17.2 Å². The number of benzene rings is 1. The summed E-state index contributed by atoms with van der Waals surface area (Å²) in [6.07, 6.45) is 5.31. The molecule has 1 aromatic carbocycles. The van der Waals surface area contributed by atoms with Crippen LogP contribution in [0.25, 0.3) is 0 Å². The highest BCUT2D eigenvalue weighted by molar-refractivity contribution is 5.79. The molecule has 1 saturated heterocycles. The minimum absolute atomic E-state index is 0.497. The zero-order chi connectivity index (χ0) is 21.9. The van der Waals surface area contributed by atoms with Gasteiger partial charge in [0, 0.05) is 31.7 Å². The molecule has 2 N–H and O–H groups in total. The minimum Gasteiger partial charge on any atom is -0.493 e. The second-order valence-electron chi connectivity index (χ2n) is 8.06. The first-order chi connectivity index (χ1) is 14.5. The second-order valence-corrected chi connectivity index (χ2v) is 8.06. The average molecular weight is 421 g/mol. The number of methoxy groups -OCH3 is 3. The summed E-state index contributed by atoms with van der Waals surface area (Å²) in [5, 5.41) is 6.93. The fraction of sp³-hybridized carbons (Fsp3) is 0.696. The van der Waals surface area contributed by atoms with Gasteiger partial charge in [-0.05, 0) is 44.0 Å². The average Bonchev–Trinajstić information content (AvgIpc) is 3.04. The summed E-state index contributed by atoms with van der Waals surface area (Å²) in [7, 11) is 6.68. The summed E-state index contributed by atoms with van der Waals surface area (Å²) in [6, 6.07) is 4.37. The maximum Gasteiger partial charge on any atom is 0.203 e. The third-order valence-corrected chi connectivity index (χ3v) is 5.81. The van der Waals surface area contributed by atoms with Gasteiger partial charge in [-0.1, -0.05) is 26.7 Å². The third kappa shape index (κ3) is 6.42. The standard InChI is InChI=1S/C23H40N4O3/c1-17(2)19(27-13-9-7-8-10-14-27)16-26-23(24-3)25-15-18-11-12-20(28-4)22(30-6)21(18)29-5/h11-12,17,19H,7-10,13-16H2,1-6H3,(H2,24,25,26). The van der Waals surface area contributed by atoms with Crippen LogP contribution in [0.3, 0.4) is 0 Å². The van der Waals surface area contributed by atoms with Crippen LogP contribution >= 0.6 is 0 Å². The number of likely N-dealkylation sites (tertiary alicyclic amines) is 1. The van der Waals surface area contributed by atoms with Crippen LogP contribution in [0.1, 0.15) is 45.1 Å². The maximum absolute atomic E-state index is 5.58. The summed E-state index contributed by atoms with van der Waals surface area (Å²) < 4.78 is 16.4. The first kappa shape index (κ1) is 24.1. The van der Waals surface area contributed by atoms with Gasteiger partial charge in [0.05, 0.1) is 21.3 Å². The van der Waals surface area contributed by atoms with Gasteiger partial charge in [0.15, 0.2) is 17.5 Å². The van der Waals surface area contributed by atoms with Gasteiger partial charge in [-0.15, -0.1) is 0 Å². The molecular weight excluding hydrogens is 380 g/mol. The van der Waals surface area contributed by atoms with E-state index in [4.69, 9.17) is 14.2 Å². The van der Waals surface area contributed by atoms with Crippen molar-refractivity contribution in [2.75, 3.05) is 48.0 Å². The number of nitrogens with zero attached hydrogens (tertiary/aromatic N) is 2. The van der Waals surface area contributed by atoms with Crippen molar-refractivity contribution in [3.63, 3.8) is 0 Å². The SMILES string of the molecule is CN=C(NCc1ccc(OC)c(OC)c1OC)NCC(C(C)C)N1CCCCCC1. The van der Waals surface area contributed by atoms with Gasteiger partial charge in [0.2, 0.25) is 5.75 Å². The molecule has 0 aliphatic carbocycles. The summed E-state index contributed by atoms with van der Waals surface area (Å²) >= 11 is 0. The molecule has 0 amide bonds. The largest absolute Gasteiger partial charge is 0.493 e. The second kappa shape index (κ2) is 12.5. The molecule has 0 saturated carbocycles. The van der Waals surface area contributed by atoms with Crippen LogP contribution < -0.4 is 24.8 Å². The Hall–Kier alpha value is -2.15. The molecule has 7 heteroatoms. The van der Waals surface area contributed by atoms with E-state index in [1.165, 1.54) is 38.8 Å². The zero-order valence-corrected chi connectivity index (χ0v) is 19.6. The van der Waals surface area contributed by atoms with Crippen LogP contribution in [0.15, 0.2) is 17.1 Å². The highest BCUT2D eigenvalue weighted by Crippen LogP contribution is 2.39.